The van der Waals surface area contributed by atoms with E-state index < -0.39 is 0 Å². The topological polar surface area (TPSA) is 38.9 Å². The van der Waals surface area contributed by atoms with Crippen molar-refractivity contribution in [2.24, 2.45) is 5.73 Å². The van der Waals surface area contributed by atoms with Crippen LogP contribution in [0.3, 0.4) is 0 Å². The molecule has 1 unspecified atom stereocenters. The van der Waals surface area contributed by atoms with Crippen LogP contribution in [0.2, 0.25) is 0 Å². The lowest BCUT2D eigenvalue weighted by Crippen LogP contribution is -2.12. The van der Waals surface area contributed by atoms with Crippen LogP contribution in [-0.2, 0) is 6.42 Å². The third-order valence-corrected chi connectivity index (χ3v) is 4.11. The Kier molecular flexibility index (Phi) is 3.90. The highest BCUT2D eigenvalue weighted by Crippen LogP contribution is 2.24. The lowest BCUT2D eigenvalue weighted by Gasteiger charge is -2.09. The van der Waals surface area contributed by atoms with Crippen LogP contribution in [0.5, 0.6) is 0 Å². The van der Waals surface area contributed by atoms with Gasteiger partial charge in [-0.2, -0.15) is 0 Å². The largest absolute Gasteiger partial charge is 0.324 e. The molecule has 20 heavy (non-hydrogen) atoms. The zero-order valence-corrected chi connectivity index (χ0v) is 11.9. The van der Waals surface area contributed by atoms with Crippen molar-refractivity contribution < 1.29 is 0 Å². The predicted octanol–water partition coefficient (Wildman–Crippen LogP) is 4.05. The minimum Gasteiger partial charge on any atom is -0.324 e. The summed E-state index contributed by atoms with van der Waals surface area (Å²) in [7, 11) is 0. The maximum absolute atomic E-state index is 6.24. The molecule has 1 aromatic heterocycles. The summed E-state index contributed by atoms with van der Waals surface area (Å²) in [5.74, 6) is 0. The van der Waals surface area contributed by atoms with E-state index in [9.17, 15) is 0 Å². The van der Waals surface area contributed by atoms with Gasteiger partial charge in [-0.15, -0.1) is 11.3 Å². The summed E-state index contributed by atoms with van der Waals surface area (Å²) >= 11 is 1.68. The number of nitrogens with zero attached hydrogens (tertiary/aromatic N) is 1. The molecule has 100 valence electrons. The standard InChI is InChI=1S/C17H16N2S/c18-15(13-7-3-1-4-8-13)11-17-19-16(12-20-17)14-9-5-2-6-10-14/h1-10,12,15H,11,18H2. The van der Waals surface area contributed by atoms with E-state index in [4.69, 9.17) is 5.73 Å². The summed E-state index contributed by atoms with van der Waals surface area (Å²) < 4.78 is 0. The quantitative estimate of drug-likeness (QED) is 0.783. The van der Waals surface area contributed by atoms with Crippen molar-refractivity contribution in [3.63, 3.8) is 0 Å². The van der Waals surface area contributed by atoms with Gasteiger partial charge in [-0.3, -0.25) is 0 Å². The lowest BCUT2D eigenvalue weighted by atomic mass is 10.1. The molecule has 0 aliphatic heterocycles. The van der Waals surface area contributed by atoms with Gasteiger partial charge in [0, 0.05) is 23.4 Å². The van der Waals surface area contributed by atoms with E-state index in [1.54, 1.807) is 11.3 Å². The Morgan fingerprint density at radius 1 is 0.950 bits per heavy atom. The molecule has 3 heteroatoms. The van der Waals surface area contributed by atoms with Crippen LogP contribution >= 0.6 is 11.3 Å². The maximum atomic E-state index is 6.24. The molecule has 0 saturated heterocycles. The fourth-order valence-corrected chi connectivity index (χ4v) is 3.02. The molecule has 1 atom stereocenters. The number of nitrogens with two attached hydrogens (primary N) is 1. The van der Waals surface area contributed by atoms with Crippen molar-refractivity contribution in [2.75, 3.05) is 0 Å². The first kappa shape index (κ1) is 13.0. The molecule has 0 saturated carbocycles. The van der Waals surface area contributed by atoms with E-state index >= 15 is 0 Å². The normalized spacial score (nSPS) is 12.2. The van der Waals surface area contributed by atoms with E-state index in [0.717, 1.165) is 28.2 Å². The van der Waals surface area contributed by atoms with Crippen LogP contribution in [0.25, 0.3) is 11.3 Å². The molecule has 0 amide bonds. The van der Waals surface area contributed by atoms with Gasteiger partial charge in [0.1, 0.15) is 0 Å². The van der Waals surface area contributed by atoms with E-state index in [0.29, 0.717) is 0 Å². The van der Waals surface area contributed by atoms with E-state index in [2.05, 4.69) is 34.6 Å². The van der Waals surface area contributed by atoms with Gasteiger partial charge in [-0.25, -0.2) is 4.98 Å². The molecule has 0 radical (unpaired) electrons. The maximum Gasteiger partial charge on any atom is 0.0951 e. The summed E-state index contributed by atoms with van der Waals surface area (Å²) in [6.45, 7) is 0. The minimum atomic E-state index is 0.00553. The first-order valence-electron chi connectivity index (χ1n) is 6.63. The van der Waals surface area contributed by atoms with E-state index in [-0.39, 0.29) is 6.04 Å². The number of hydrogen-bond acceptors (Lipinski definition) is 3. The Morgan fingerprint density at radius 2 is 1.60 bits per heavy atom. The number of benzene rings is 2. The molecule has 3 rings (SSSR count). The Bertz CT molecular complexity index is 662. The van der Waals surface area contributed by atoms with Crippen molar-refractivity contribution in [2.45, 2.75) is 12.5 Å². The average Bonchev–Trinajstić information content (AvgIpc) is 2.97. The molecule has 3 aromatic rings. The Morgan fingerprint density at radius 3 is 2.30 bits per heavy atom. The van der Waals surface area contributed by atoms with Crippen LogP contribution in [0.15, 0.2) is 66.0 Å². The van der Waals surface area contributed by atoms with Gasteiger partial charge in [-0.05, 0) is 5.56 Å². The zero-order chi connectivity index (χ0) is 13.8. The van der Waals surface area contributed by atoms with Crippen LogP contribution in [0, 0.1) is 0 Å². The monoisotopic (exact) mass is 280 g/mol. The Labute approximate surface area is 122 Å². The summed E-state index contributed by atoms with van der Waals surface area (Å²) in [4.78, 5) is 4.68. The molecule has 2 N–H and O–H groups in total. The molecule has 0 fully saturated rings. The van der Waals surface area contributed by atoms with Crippen molar-refractivity contribution >= 4 is 11.3 Å². The van der Waals surface area contributed by atoms with E-state index in [1.165, 1.54) is 0 Å². The summed E-state index contributed by atoms with van der Waals surface area (Å²) in [5, 5.41) is 3.18. The van der Waals surface area contributed by atoms with Gasteiger partial charge in [-0.1, -0.05) is 60.7 Å². The predicted molar refractivity (Wildman–Crippen MR) is 84.6 cm³/mol. The second-order valence-electron chi connectivity index (χ2n) is 4.71. The summed E-state index contributed by atoms with van der Waals surface area (Å²) in [5.41, 5.74) is 9.59. The number of thiazole rings is 1. The third kappa shape index (κ3) is 2.95. The first-order valence-corrected chi connectivity index (χ1v) is 7.51. The van der Waals surface area contributed by atoms with Crippen molar-refractivity contribution in [1.82, 2.24) is 4.98 Å². The smallest absolute Gasteiger partial charge is 0.0951 e. The zero-order valence-electron chi connectivity index (χ0n) is 11.1. The second-order valence-corrected chi connectivity index (χ2v) is 5.66. The molecular weight excluding hydrogens is 264 g/mol. The highest BCUT2D eigenvalue weighted by Gasteiger charge is 2.10. The van der Waals surface area contributed by atoms with Crippen LogP contribution < -0.4 is 5.73 Å². The third-order valence-electron chi connectivity index (χ3n) is 3.24. The fraction of sp³-hybridized carbons (Fsp3) is 0.118. The van der Waals surface area contributed by atoms with Gasteiger partial charge in [0.2, 0.25) is 0 Å². The summed E-state index contributed by atoms with van der Waals surface area (Å²) in [6, 6.07) is 20.4. The van der Waals surface area contributed by atoms with Crippen LogP contribution in [0.1, 0.15) is 16.6 Å². The Balaban J connectivity index is 1.75. The van der Waals surface area contributed by atoms with Gasteiger partial charge in [0.05, 0.1) is 10.7 Å². The van der Waals surface area contributed by atoms with Gasteiger partial charge in [0.15, 0.2) is 0 Å². The van der Waals surface area contributed by atoms with Gasteiger partial charge >= 0.3 is 0 Å². The number of aromatic nitrogens is 1. The Hall–Kier alpha value is -1.97. The molecule has 0 aliphatic rings. The van der Waals surface area contributed by atoms with Crippen LogP contribution in [-0.4, -0.2) is 4.98 Å². The minimum absolute atomic E-state index is 0.00553. The fourth-order valence-electron chi connectivity index (χ4n) is 2.15. The molecule has 2 aromatic carbocycles. The van der Waals surface area contributed by atoms with Crippen molar-refractivity contribution in [3.05, 3.63) is 76.6 Å². The number of hydrogen-bond donors (Lipinski definition) is 1. The molecule has 2 nitrogen and oxygen atoms in total. The highest BCUT2D eigenvalue weighted by atomic mass is 32.1. The van der Waals surface area contributed by atoms with Gasteiger partial charge < -0.3 is 5.73 Å². The summed E-state index contributed by atoms with van der Waals surface area (Å²) in [6.07, 6.45) is 0.779. The molecular formula is C17H16N2S. The number of rotatable bonds is 4. The average molecular weight is 280 g/mol. The van der Waals surface area contributed by atoms with Gasteiger partial charge in [0.25, 0.3) is 0 Å². The van der Waals surface area contributed by atoms with Crippen molar-refractivity contribution in [3.8, 4) is 11.3 Å². The highest BCUT2D eigenvalue weighted by molar-refractivity contribution is 7.09. The molecule has 0 spiro atoms. The lowest BCUT2D eigenvalue weighted by molar-refractivity contribution is 0.718. The van der Waals surface area contributed by atoms with Crippen molar-refractivity contribution in [1.29, 1.82) is 0 Å². The molecule has 1 heterocycles. The molecule has 0 bridgehead atoms. The first-order chi connectivity index (χ1) is 9.83. The van der Waals surface area contributed by atoms with Crippen LogP contribution in [0.4, 0.5) is 0 Å². The molecule has 0 aliphatic carbocycles. The SMILES string of the molecule is NC(Cc1nc(-c2ccccc2)cs1)c1ccccc1. The van der Waals surface area contributed by atoms with E-state index in [1.807, 2.05) is 36.4 Å². The second kappa shape index (κ2) is 5.99.